The highest BCUT2D eigenvalue weighted by Gasteiger charge is 2.50. The van der Waals surface area contributed by atoms with Gasteiger partial charge in [-0.15, -0.1) is 12.8 Å². The lowest BCUT2D eigenvalue weighted by Crippen LogP contribution is -2.37. The predicted octanol–water partition coefficient (Wildman–Crippen LogP) is 3.51. The Hall–Kier alpha value is -4.40. The molecule has 1 aromatic heterocycles. The average molecular weight is 1300 g/mol. The van der Waals surface area contributed by atoms with Gasteiger partial charge in [-0.1, -0.05) is 31.1 Å². The van der Waals surface area contributed by atoms with Gasteiger partial charge < -0.3 is 64.6 Å². The SMILES string of the molecule is C#CCOc1cc(C(=O)NCCCCCC(=O)NCCCCCCOP(=O)(O)OP(=O)(O)OP(=O)(O)OP(=O)(O)OP(=O)(O)OP(=O)(O)OC[C@H]2O[C@@H](n3cc(C)c(=O)[nH]c3=O)C[C@H]2O)cc(OCC#C)c1CCCNC(=O)C(F)(F)F. The number of nitrogens with one attached hydrogen (secondary N) is 4. The van der Waals surface area contributed by atoms with Crippen LogP contribution in [0.2, 0.25) is 0 Å². The number of unbranched alkanes of at least 4 members (excludes halogenated alkanes) is 5. The van der Waals surface area contributed by atoms with Crippen molar-refractivity contribution < 1.29 is 134 Å². The first-order valence-electron chi connectivity index (χ1n) is 23.7. The lowest BCUT2D eigenvalue weighted by Gasteiger charge is -2.21. The van der Waals surface area contributed by atoms with Crippen LogP contribution in [0.25, 0.3) is 0 Å². The van der Waals surface area contributed by atoms with Crippen LogP contribution in [0.1, 0.15) is 91.9 Å². The van der Waals surface area contributed by atoms with Gasteiger partial charge >= 0.3 is 64.7 Å². The number of amides is 3. The zero-order valence-corrected chi connectivity index (χ0v) is 48.2. The zero-order valence-electron chi connectivity index (χ0n) is 42.8. The van der Waals surface area contributed by atoms with Crippen molar-refractivity contribution in [3.8, 4) is 36.2 Å². The van der Waals surface area contributed by atoms with Crippen LogP contribution in [0.15, 0.2) is 27.9 Å². The normalized spacial score (nSPS) is 19.7. The number of halogens is 3. The Balaban J connectivity index is 1.32. The lowest BCUT2D eigenvalue weighted by atomic mass is 10.0. The molecule has 1 aliphatic rings. The second-order valence-electron chi connectivity index (χ2n) is 16.9. The van der Waals surface area contributed by atoms with Crippen LogP contribution in [0.4, 0.5) is 13.2 Å². The number of terminal acetylenes is 2. The van der Waals surface area contributed by atoms with Gasteiger partial charge in [0.25, 0.3) is 11.5 Å². The predicted molar refractivity (Wildman–Crippen MR) is 272 cm³/mol. The number of phosphoric acid groups is 6. The number of aliphatic hydroxyl groups is 1. The Bertz CT molecular complexity index is 3020. The Morgan fingerprint density at radius 1 is 0.720 bits per heavy atom. The van der Waals surface area contributed by atoms with E-state index < -0.39 is 108 Å². The Kier molecular flexibility index (Phi) is 28.2. The van der Waals surface area contributed by atoms with Crippen LogP contribution >= 0.6 is 46.9 Å². The number of aromatic nitrogens is 2. The molecule has 462 valence electrons. The van der Waals surface area contributed by atoms with Gasteiger partial charge in [0.05, 0.1) is 19.3 Å². The standard InChI is InChI=1S/C40H58F3N5O28P6/c1-4-19-67-31-22-28(23-32(68-20-5-2)29(31)14-13-18-46-38(53)40(41,42)43)37(52)45-17-11-8-9-15-34(50)44-16-10-6-7-12-21-69-77(55,56)72-79(59,60)74-81(63,64)76-82(65,66)75-80(61,62)73-78(57,58)70-26-33-30(49)24-35(71-33)48-25-27(3)36(51)47-39(48)54/h1-2,22-23,25,30,33,35,49H,6-21,24,26H2,3H3,(H,44,50)(H,45,52)(H,46,53)(H,55,56)(H,57,58)(H,59,60)(H,61,62)(H,63,64)(H,65,66)(H,47,51,54)/t30-,33-,35-/m1/s1. The molecule has 9 atom stereocenters. The van der Waals surface area contributed by atoms with Crippen molar-refractivity contribution in [2.24, 2.45) is 0 Å². The number of nitrogens with zero attached hydrogens (tertiary/aromatic N) is 1. The van der Waals surface area contributed by atoms with E-state index in [9.17, 15) is 99.0 Å². The van der Waals surface area contributed by atoms with E-state index >= 15 is 0 Å². The van der Waals surface area contributed by atoms with Crippen molar-refractivity contribution in [2.45, 2.75) is 102 Å². The minimum Gasteiger partial charge on any atom is -0.481 e. The molecule has 1 fully saturated rings. The molecule has 3 rings (SSSR count). The second-order valence-corrected chi connectivity index (χ2v) is 26.3. The van der Waals surface area contributed by atoms with Crippen LogP contribution in [0.3, 0.4) is 0 Å². The molecular formula is C40H58F3N5O28P6. The minimum atomic E-state index is -6.54. The Morgan fingerprint density at radius 3 is 1.74 bits per heavy atom. The third kappa shape index (κ3) is 26.7. The summed E-state index contributed by atoms with van der Waals surface area (Å²) < 4.78 is 156. The fraction of sp³-hybridized carbons (Fsp3) is 0.575. The highest BCUT2D eigenvalue weighted by molar-refractivity contribution is 7.72. The molecule has 0 bridgehead atoms. The maximum atomic E-state index is 13.0. The number of H-pyrrole nitrogens is 1. The Labute approximate surface area is 463 Å². The second kappa shape index (κ2) is 32.2. The number of carbonyl (C=O) groups excluding carboxylic acids is 3. The summed E-state index contributed by atoms with van der Waals surface area (Å²) in [6, 6.07) is 2.74. The number of rotatable bonds is 37. The number of hydrogen-bond donors (Lipinski definition) is 11. The summed E-state index contributed by atoms with van der Waals surface area (Å²) in [5.41, 5.74) is -1.17. The van der Waals surface area contributed by atoms with E-state index in [4.69, 9.17) is 27.1 Å². The topological polar surface area (TPSA) is 478 Å². The van der Waals surface area contributed by atoms with E-state index in [1.807, 2.05) is 4.98 Å². The quantitative estimate of drug-likeness (QED) is 0.0262. The number of alkyl halides is 3. The maximum absolute atomic E-state index is 13.0. The van der Waals surface area contributed by atoms with Crippen LogP contribution in [0, 0.1) is 31.6 Å². The number of carbonyl (C=O) groups is 3. The van der Waals surface area contributed by atoms with Crippen molar-refractivity contribution in [1.29, 1.82) is 0 Å². The maximum Gasteiger partial charge on any atom is 0.490 e. The van der Waals surface area contributed by atoms with Crippen LogP contribution in [-0.4, -0.2) is 126 Å². The summed E-state index contributed by atoms with van der Waals surface area (Å²) >= 11 is 0. The van der Waals surface area contributed by atoms with Gasteiger partial charge in [0.2, 0.25) is 5.91 Å². The summed E-state index contributed by atoms with van der Waals surface area (Å²) in [5, 5.41) is 17.4. The van der Waals surface area contributed by atoms with Gasteiger partial charge in [0.1, 0.15) is 37.0 Å². The molecule has 1 saturated heterocycles. The van der Waals surface area contributed by atoms with E-state index in [1.54, 1.807) is 5.32 Å². The minimum absolute atomic E-state index is 0.000380. The van der Waals surface area contributed by atoms with E-state index in [0.29, 0.717) is 37.7 Å². The van der Waals surface area contributed by atoms with Crippen molar-refractivity contribution in [3.63, 3.8) is 0 Å². The van der Waals surface area contributed by atoms with Crippen molar-refractivity contribution in [2.75, 3.05) is 46.1 Å². The van der Waals surface area contributed by atoms with Crippen LogP contribution in [0.5, 0.6) is 11.5 Å². The van der Waals surface area contributed by atoms with Crippen LogP contribution < -0.4 is 36.7 Å². The molecular weight excluding hydrogens is 1240 g/mol. The molecule has 42 heteroatoms. The molecule has 2 heterocycles. The first kappa shape index (κ1) is 71.9. The van der Waals surface area contributed by atoms with E-state index in [-0.39, 0.29) is 99.9 Å². The summed E-state index contributed by atoms with van der Waals surface area (Å²) in [6.07, 6.45) is 4.76. The van der Waals surface area contributed by atoms with Crippen molar-refractivity contribution in [1.82, 2.24) is 25.5 Å². The molecule has 2 aromatic rings. The fourth-order valence-corrected chi connectivity index (χ4v) is 14.6. The summed E-state index contributed by atoms with van der Waals surface area (Å²) in [4.78, 5) is 121. The van der Waals surface area contributed by atoms with E-state index in [0.717, 1.165) is 10.8 Å². The summed E-state index contributed by atoms with van der Waals surface area (Å²) in [5.74, 6) is 1.84. The molecule has 0 spiro atoms. The van der Waals surface area contributed by atoms with Gasteiger partial charge in [-0.3, -0.25) is 37.8 Å². The molecule has 0 saturated carbocycles. The molecule has 0 aliphatic carbocycles. The molecule has 1 aliphatic heterocycles. The number of aromatic amines is 1. The third-order valence-electron chi connectivity index (χ3n) is 10.3. The van der Waals surface area contributed by atoms with Gasteiger partial charge in [-0.2, -0.15) is 34.7 Å². The van der Waals surface area contributed by atoms with Gasteiger partial charge in [0, 0.05) is 55.4 Å². The van der Waals surface area contributed by atoms with Crippen molar-refractivity contribution in [3.05, 3.63) is 55.9 Å². The molecule has 3 amide bonds. The smallest absolute Gasteiger partial charge is 0.481 e. The monoisotopic (exact) mass is 1300 g/mol. The van der Waals surface area contributed by atoms with Gasteiger partial charge in [-0.25, -0.2) is 32.2 Å². The van der Waals surface area contributed by atoms with Crippen molar-refractivity contribution >= 4 is 64.7 Å². The highest BCUT2D eigenvalue weighted by atomic mass is 31.3. The first-order chi connectivity index (χ1) is 38.0. The highest BCUT2D eigenvalue weighted by Crippen LogP contribution is 2.75. The third-order valence-corrected chi connectivity index (χ3v) is 19.5. The molecule has 1 aromatic carbocycles. The Morgan fingerprint density at radius 2 is 1.21 bits per heavy atom. The van der Waals surface area contributed by atoms with Gasteiger partial charge in [-0.05, 0) is 57.6 Å². The number of aryl methyl sites for hydroxylation is 1. The molecule has 6 unspecified atom stereocenters. The number of aliphatic hydroxyl groups excluding tert-OH is 1. The number of hydrogen-bond acceptors (Lipinski definition) is 22. The number of phosphoric ester groups is 2. The molecule has 11 N–H and O–H groups in total. The lowest BCUT2D eigenvalue weighted by molar-refractivity contribution is -0.173. The molecule has 0 radical (unpaired) electrons. The largest absolute Gasteiger partial charge is 0.490 e. The first-order valence-corrected chi connectivity index (χ1v) is 32.6. The van der Waals surface area contributed by atoms with E-state index in [2.05, 4.69) is 53.1 Å². The van der Waals surface area contributed by atoms with E-state index in [1.165, 1.54) is 19.1 Å². The number of benzene rings is 1. The van der Waals surface area contributed by atoms with Gasteiger partial charge in [0.15, 0.2) is 0 Å². The summed E-state index contributed by atoms with van der Waals surface area (Å²) in [6.45, 7) is -0.800. The average Bonchev–Trinajstić information content (AvgIpc) is 3.84. The number of ether oxygens (including phenoxy) is 3. The molecule has 82 heavy (non-hydrogen) atoms. The molecule has 33 nitrogen and oxygen atoms in total. The van der Waals surface area contributed by atoms with Crippen LogP contribution in [-0.2, 0) is 78.7 Å². The fourth-order valence-electron chi connectivity index (χ4n) is 6.79. The zero-order chi connectivity index (χ0) is 61.7. The summed E-state index contributed by atoms with van der Waals surface area (Å²) in [7, 11) is -37.3.